The molecule has 17 heavy (non-hydrogen) atoms. The molecule has 102 valence electrons. The summed E-state index contributed by atoms with van der Waals surface area (Å²) < 4.78 is 10.6. The minimum absolute atomic E-state index is 0. The maximum Gasteiger partial charge on any atom is 0.249 e. The molecule has 5 nitrogen and oxygen atoms in total. The maximum absolute atomic E-state index is 11.9. The van der Waals surface area contributed by atoms with E-state index in [0.717, 1.165) is 12.8 Å². The molecule has 0 bridgehead atoms. The molecule has 0 spiro atoms. The first-order valence-corrected chi connectivity index (χ1v) is 5.65. The van der Waals surface area contributed by atoms with Crippen molar-refractivity contribution in [3.63, 3.8) is 0 Å². The Labute approximate surface area is 109 Å². The monoisotopic (exact) mass is 266 g/mol. The standard InChI is InChI=1S/C11H22N2O3.ClH/c1-11(2,7-15-3)13-10(14)9-5-4-8(6-12)16-9;/h8-9H,4-7,12H2,1-3H3,(H,13,14);1H/t8-,9+;/m1./s1. The molecule has 6 heteroatoms. The van der Waals surface area contributed by atoms with Crippen molar-refractivity contribution in [3.8, 4) is 0 Å². The van der Waals surface area contributed by atoms with Gasteiger partial charge in [-0.1, -0.05) is 0 Å². The van der Waals surface area contributed by atoms with Gasteiger partial charge in [0.15, 0.2) is 0 Å². The summed E-state index contributed by atoms with van der Waals surface area (Å²) in [7, 11) is 1.62. The Bertz CT molecular complexity index is 249. The number of carbonyl (C=O) groups excluding carboxylic acids is 1. The lowest BCUT2D eigenvalue weighted by atomic mass is 10.1. The second-order valence-corrected chi connectivity index (χ2v) is 4.87. The van der Waals surface area contributed by atoms with E-state index >= 15 is 0 Å². The molecule has 1 heterocycles. The first-order chi connectivity index (χ1) is 7.48. The van der Waals surface area contributed by atoms with E-state index in [1.165, 1.54) is 0 Å². The molecule has 1 aliphatic heterocycles. The second kappa shape index (κ2) is 7.16. The van der Waals surface area contributed by atoms with Crippen molar-refractivity contribution in [1.29, 1.82) is 0 Å². The number of amides is 1. The predicted molar refractivity (Wildman–Crippen MR) is 68.3 cm³/mol. The molecular weight excluding hydrogens is 244 g/mol. The topological polar surface area (TPSA) is 73.6 Å². The Morgan fingerprint density at radius 2 is 2.18 bits per heavy atom. The molecule has 2 atom stereocenters. The first-order valence-electron chi connectivity index (χ1n) is 5.65. The zero-order valence-electron chi connectivity index (χ0n) is 10.7. The van der Waals surface area contributed by atoms with Gasteiger partial charge >= 0.3 is 0 Å². The van der Waals surface area contributed by atoms with Crippen LogP contribution in [0.2, 0.25) is 0 Å². The van der Waals surface area contributed by atoms with E-state index in [1.54, 1.807) is 7.11 Å². The van der Waals surface area contributed by atoms with Crippen LogP contribution in [0.25, 0.3) is 0 Å². The van der Waals surface area contributed by atoms with Crippen LogP contribution in [0.1, 0.15) is 26.7 Å². The van der Waals surface area contributed by atoms with Gasteiger partial charge in [-0.25, -0.2) is 0 Å². The highest BCUT2D eigenvalue weighted by Crippen LogP contribution is 2.19. The largest absolute Gasteiger partial charge is 0.382 e. The van der Waals surface area contributed by atoms with Crippen LogP contribution in [-0.4, -0.2) is 43.9 Å². The highest BCUT2D eigenvalue weighted by Gasteiger charge is 2.32. The molecule has 1 amide bonds. The maximum atomic E-state index is 11.9. The minimum Gasteiger partial charge on any atom is -0.382 e. The molecule has 0 aromatic heterocycles. The van der Waals surface area contributed by atoms with Gasteiger partial charge in [0.05, 0.1) is 18.2 Å². The fourth-order valence-corrected chi connectivity index (χ4v) is 1.88. The van der Waals surface area contributed by atoms with Crippen molar-refractivity contribution in [1.82, 2.24) is 5.32 Å². The Morgan fingerprint density at radius 3 is 2.65 bits per heavy atom. The van der Waals surface area contributed by atoms with Crippen molar-refractivity contribution >= 4 is 18.3 Å². The Hall–Kier alpha value is -0.360. The Morgan fingerprint density at radius 1 is 1.53 bits per heavy atom. The van der Waals surface area contributed by atoms with Gasteiger partial charge in [-0.15, -0.1) is 12.4 Å². The number of hydrogen-bond acceptors (Lipinski definition) is 4. The number of methoxy groups -OCH3 is 1. The second-order valence-electron chi connectivity index (χ2n) is 4.87. The van der Waals surface area contributed by atoms with Gasteiger partial charge in [-0.05, 0) is 26.7 Å². The van der Waals surface area contributed by atoms with Crippen LogP contribution in [-0.2, 0) is 14.3 Å². The number of carbonyl (C=O) groups is 1. The third kappa shape index (κ3) is 5.21. The van der Waals surface area contributed by atoms with E-state index < -0.39 is 0 Å². The lowest BCUT2D eigenvalue weighted by molar-refractivity contribution is -0.134. The average Bonchev–Trinajstić information content (AvgIpc) is 2.64. The summed E-state index contributed by atoms with van der Waals surface area (Å²) in [5.41, 5.74) is 5.13. The fourth-order valence-electron chi connectivity index (χ4n) is 1.88. The summed E-state index contributed by atoms with van der Waals surface area (Å²) >= 11 is 0. The molecule has 1 fully saturated rings. The third-order valence-electron chi connectivity index (χ3n) is 2.63. The van der Waals surface area contributed by atoms with E-state index in [9.17, 15) is 4.79 Å². The summed E-state index contributed by atoms with van der Waals surface area (Å²) in [5, 5.41) is 2.91. The fraction of sp³-hybridized carbons (Fsp3) is 0.909. The molecule has 0 aromatic carbocycles. The molecule has 1 aliphatic rings. The van der Waals surface area contributed by atoms with Crippen molar-refractivity contribution in [3.05, 3.63) is 0 Å². The van der Waals surface area contributed by atoms with Crippen molar-refractivity contribution in [2.75, 3.05) is 20.3 Å². The summed E-state index contributed by atoms with van der Waals surface area (Å²) in [5.74, 6) is -0.0713. The van der Waals surface area contributed by atoms with Crippen molar-refractivity contribution in [2.45, 2.75) is 44.4 Å². The van der Waals surface area contributed by atoms with Crippen molar-refractivity contribution in [2.24, 2.45) is 5.73 Å². The predicted octanol–water partition coefficient (Wildman–Crippen LogP) is 0.456. The molecule has 1 saturated heterocycles. The van der Waals surface area contributed by atoms with Gasteiger partial charge in [-0.3, -0.25) is 4.79 Å². The number of rotatable bonds is 5. The van der Waals surface area contributed by atoms with E-state index in [4.69, 9.17) is 15.2 Å². The summed E-state index contributed by atoms with van der Waals surface area (Å²) in [6.07, 6.45) is 1.28. The van der Waals surface area contributed by atoms with Gasteiger partial charge in [0.25, 0.3) is 0 Å². The van der Waals surface area contributed by atoms with Crippen LogP contribution in [0.3, 0.4) is 0 Å². The van der Waals surface area contributed by atoms with Gasteiger partial charge in [0.1, 0.15) is 6.10 Å². The van der Waals surface area contributed by atoms with Gasteiger partial charge in [0.2, 0.25) is 5.91 Å². The third-order valence-corrected chi connectivity index (χ3v) is 2.63. The Balaban J connectivity index is 0.00000256. The molecule has 0 radical (unpaired) electrons. The lowest BCUT2D eigenvalue weighted by Crippen LogP contribution is -2.50. The average molecular weight is 267 g/mol. The number of ether oxygens (including phenoxy) is 2. The van der Waals surface area contributed by atoms with Crippen LogP contribution < -0.4 is 11.1 Å². The van der Waals surface area contributed by atoms with E-state index in [0.29, 0.717) is 13.2 Å². The minimum atomic E-state index is -0.365. The number of halogens is 1. The van der Waals surface area contributed by atoms with Crippen LogP contribution in [0, 0.1) is 0 Å². The summed E-state index contributed by atoms with van der Waals surface area (Å²) in [6, 6.07) is 0. The lowest BCUT2D eigenvalue weighted by Gasteiger charge is -2.26. The zero-order chi connectivity index (χ0) is 12.2. The van der Waals surface area contributed by atoms with Gasteiger partial charge < -0.3 is 20.5 Å². The molecule has 3 N–H and O–H groups in total. The number of nitrogens with one attached hydrogen (secondary N) is 1. The van der Waals surface area contributed by atoms with Crippen LogP contribution in [0.5, 0.6) is 0 Å². The van der Waals surface area contributed by atoms with Crippen LogP contribution in [0.4, 0.5) is 0 Å². The molecular formula is C11H23ClN2O3. The highest BCUT2D eigenvalue weighted by molar-refractivity contribution is 5.85. The normalized spacial score (nSPS) is 24.2. The molecule has 0 saturated carbocycles. The van der Waals surface area contributed by atoms with E-state index in [1.807, 2.05) is 13.8 Å². The highest BCUT2D eigenvalue weighted by atomic mass is 35.5. The summed E-state index contributed by atoms with van der Waals surface area (Å²) in [4.78, 5) is 11.9. The molecule has 0 aromatic rings. The summed E-state index contributed by atoms with van der Waals surface area (Å²) in [6.45, 7) is 4.80. The smallest absolute Gasteiger partial charge is 0.249 e. The SMILES string of the molecule is COCC(C)(C)NC(=O)[C@@H]1CC[C@H](CN)O1.Cl. The van der Waals surface area contributed by atoms with E-state index in [-0.39, 0.29) is 36.1 Å². The first kappa shape index (κ1) is 16.6. The van der Waals surface area contributed by atoms with Gasteiger partial charge in [-0.2, -0.15) is 0 Å². The van der Waals surface area contributed by atoms with Gasteiger partial charge in [0, 0.05) is 13.7 Å². The quantitative estimate of drug-likeness (QED) is 0.758. The van der Waals surface area contributed by atoms with Crippen LogP contribution >= 0.6 is 12.4 Å². The molecule has 0 unspecified atom stereocenters. The number of nitrogens with two attached hydrogens (primary N) is 1. The zero-order valence-corrected chi connectivity index (χ0v) is 11.5. The van der Waals surface area contributed by atoms with E-state index in [2.05, 4.69) is 5.32 Å². The number of hydrogen-bond donors (Lipinski definition) is 2. The molecule has 0 aliphatic carbocycles. The Kier molecular flexibility index (Phi) is 7.01. The molecule has 1 rings (SSSR count). The van der Waals surface area contributed by atoms with Crippen molar-refractivity contribution < 1.29 is 14.3 Å². The van der Waals surface area contributed by atoms with Crippen LogP contribution in [0.15, 0.2) is 0 Å².